The molecule has 4 rings (SSSR count). The Balaban J connectivity index is 1.92. The number of H-pyrrole nitrogens is 1. The molecule has 6 nitrogen and oxygen atoms in total. The van der Waals surface area contributed by atoms with E-state index in [4.69, 9.17) is 11.6 Å². The van der Waals surface area contributed by atoms with Crippen molar-refractivity contribution in [3.8, 4) is 28.1 Å². The smallest absolute Gasteiger partial charge is 0.277 e. The first-order valence-corrected chi connectivity index (χ1v) is 9.46. The second-order valence-corrected chi connectivity index (χ2v) is 6.94. The number of phenolic OH excluding ortho intramolecular Hbond substituents is 1. The highest BCUT2D eigenvalue weighted by Gasteiger charge is 2.23. The van der Waals surface area contributed by atoms with Crippen molar-refractivity contribution in [1.82, 2.24) is 10.2 Å². The first-order valence-electron chi connectivity index (χ1n) is 9.08. The number of phenols is 1. The molecule has 0 spiro atoms. The van der Waals surface area contributed by atoms with Crippen LogP contribution in [0.5, 0.6) is 5.75 Å². The summed E-state index contributed by atoms with van der Waals surface area (Å²) in [6, 6.07) is 22.6. The Kier molecular flexibility index (Phi) is 5.32. The minimum atomic E-state index is -0.688. The first-order chi connectivity index (χ1) is 14.5. The maximum atomic E-state index is 13.2. The van der Waals surface area contributed by atoms with Gasteiger partial charge in [-0.25, -0.2) is 5.10 Å². The van der Waals surface area contributed by atoms with E-state index in [2.05, 4.69) is 15.5 Å². The van der Waals surface area contributed by atoms with Crippen molar-refractivity contribution in [2.75, 3.05) is 5.32 Å². The van der Waals surface area contributed by atoms with E-state index < -0.39 is 11.5 Å². The Morgan fingerprint density at radius 2 is 1.57 bits per heavy atom. The van der Waals surface area contributed by atoms with E-state index in [-0.39, 0.29) is 17.0 Å². The van der Waals surface area contributed by atoms with Crippen LogP contribution in [-0.2, 0) is 0 Å². The molecule has 3 aromatic carbocycles. The summed E-state index contributed by atoms with van der Waals surface area (Å²) in [6.45, 7) is 0. The number of anilines is 1. The van der Waals surface area contributed by atoms with Gasteiger partial charge in [0, 0.05) is 16.1 Å². The van der Waals surface area contributed by atoms with Crippen LogP contribution in [-0.4, -0.2) is 21.2 Å². The molecular formula is C23H16ClN3O3. The Morgan fingerprint density at radius 1 is 0.933 bits per heavy atom. The molecule has 3 N–H and O–H groups in total. The van der Waals surface area contributed by atoms with Gasteiger partial charge in [0.15, 0.2) is 0 Å². The van der Waals surface area contributed by atoms with Gasteiger partial charge in [-0.3, -0.25) is 9.59 Å². The predicted octanol–water partition coefficient (Wildman–Crippen LogP) is 4.72. The molecule has 1 amide bonds. The van der Waals surface area contributed by atoms with Gasteiger partial charge in [0.05, 0.1) is 11.4 Å². The van der Waals surface area contributed by atoms with Crippen LogP contribution in [0.1, 0.15) is 10.4 Å². The van der Waals surface area contributed by atoms with Crippen LogP contribution >= 0.6 is 11.6 Å². The zero-order chi connectivity index (χ0) is 21.1. The van der Waals surface area contributed by atoms with Crippen molar-refractivity contribution in [3.63, 3.8) is 0 Å². The summed E-state index contributed by atoms with van der Waals surface area (Å²) in [7, 11) is 0. The van der Waals surface area contributed by atoms with Crippen LogP contribution in [0.2, 0.25) is 5.02 Å². The zero-order valence-corrected chi connectivity index (χ0v) is 16.4. The third-order valence-corrected chi connectivity index (χ3v) is 4.76. The maximum Gasteiger partial charge on any atom is 0.277 e. The van der Waals surface area contributed by atoms with Crippen molar-refractivity contribution >= 4 is 23.2 Å². The van der Waals surface area contributed by atoms with E-state index in [0.717, 1.165) is 5.56 Å². The van der Waals surface area contributed by atoms with E-state index in [1.807, 2.05) is 48.5 Å². The van der Waals surface area contributed by atoms with E-state index >= 15 is 0 Å². The number of halogens is 1. The molecular weight excluding hydrogens is 402 g/mol. The Labute approximate surface area is 176 Å². The number of nitrogens with one attached hydrogen (secondary N) is 2. The molecule has 0 aliphatic carbocycles. The van der Waals surface area contributed by atoms with Crippen LogP contribution in [0.4, 0.5) is 5.69 Å². The molecule has 0 unspecified atom stereocenters. The second-order valence-electron chi connectivity index (χ2n) is 6.50. The minimum absolute atomic E-state index is 0.101. The number of amides is 1. The van der Waals surface area contributed by atoms with Gasteiger partial charge in [0.1, 0.15) is 11.3 Å². The Hall–Kier alpha value is -3.90. The topological polar surface area (TPSA) is 95.1 Å². The first kappa shape index (κ1) is 19.4. The van der Waals surface area contributed by atoms with E-state index in [0.29, 0.717) is 21.8 Å². The van der Waals surface area contributed by atoms with Gasteiger partial charge in [0.25, 0.3) is 11.5 Å². The molecule has 0 radical (unpaired) electrons. The van der Waals surface area contributed by atoms with Crippen molar-refractivity contribution in [2.45, 2.75) is 0 Å². The lowest BCUT2D eigenvalue weighted by Crippen LogP contribution is -2.26. The molecule has 30 heavy (non-hydrogen) atoms. The normalized spacial score (nSPS) is 10.6. The number of carbonyl (C=O) groups is 1. The highest BCUT2D eigenvalue weighted by atomic mass is 35.5. The van der Waals surface area contributed by atoms with Gasteiger partial charge in [0.2, 0.25) is 0 Å². The van der Waals surface area contributed by atoms with Gasteiger partial charge in [-0.1, -0.05) is 72.3 Å². The van der Waals surface area contributed by atoms with Crippen LogP contribution < -0.4 is 10.9 Å². The molecule has 148 valence electrons. The number of carbonyl (C=O) groups excluding carboxylic acids is 1. The monoisotopic (exact) mass is 417 g/mol. The fourth-order valence-corrected chi connectivity index (χ4v) is 3.32. The molecule has 1 heterocycles. The van der Waals surface area contributed by atoms with Gasteiger partial charge < -0.3 is 10.4 Å². The third-order valence-electron chi connectivity index (χ3n) is 4.53. The van der Waals surface area contributed by atoms with Crippen molar-refractivity contribution in [3.05, 3.63) is 99.8 Å². The quantitative estimate of drug-likeness (QED) is 0.419. The lowest BCUT2D eigenvalue weighted by atomic mass is 9.95. The van der Waals surface area contributed by atoms with Gasteiger partial charge in [-0.2, -0.15) is 5.10 Å². The summed E-state index contributed by atoms with van der Waals surface area (Å²) >= 11 is 5.97. The van der Waals surface area contributed by atoms with E-state index in [9.17, 15) is 14.7 Å². The zero-order valence-electron chi connectivity index (χ0n) is 15.6. The SMILES string of the molecule is O=C(Nc1cc(Cl)ccc1O)c1c(-c2ccccc2)c(-c2ccccc2)n[nH]c1=O. The van der Waals surface area contributed by atoms with Crippen LogP contribution in [0, 0.1) is 0 Å². The number of aromatic nitrogens is 2. The van der Waals surface area contributed by atoms with Crippen molar-refractivity contribution in [1.29, 1.82) is 0 Å². The van der Waals surface area contributed by atoms with Crippen LogP contribution in [0.25, 0.3) is 22.4 Å². The molecule has 0 aliphatic rings. The third kappa shape index (κ3) is 3.81. The summed E-state index contributed by atoms with van der Waals surface area (Å²) in [5, 5.41) is 19.6. The molecule has 0 bridgehead atoms. The van der Waals surface area contributed by atoms with E-state index in [1.165, 1.54) is 18.2 Å². The van der Waals surface area contributed by atoms with Gasteiger partial charge in [-0.05, 0) is 23.8 Å². The van der Waals surface area contributed by atoms with Crippen LogP contribution in [0.3, 0.4) is 0 Å². The summed E-state index contributed by atoms with van der Waals surface area (Å²) < 4.78 is 0. The number of rotatable bonds is 4. The average Bonchev–Trinajstić information content (AvgIpc) is 2.77. The highest BCUT2D eigenvalue weighted by Crippen LogP contribution is 2.33. The Bertz CT molecular complexity index is 1270. The summed E-state index contributed by atoms with van der Waals surface area (Å²) in [6.07, 6.45) is 0. The van der Waals surface area contributed by atoms with Gasteiger partial charge >= 0.3 is 0 Å². The number of aromatic hydroxyl groups is 1. The molecule has 1 aromatic heterocycles. The fraction of sp³-hybridized carbons (Fsp3) is 0. The average molecular weight is 418 g/mol. The standard InChI is InChI=1S/C23H16ClN3O3/c24-16-11-12-18(28)17(13-16)25-22(29)20-19(14-7-3-1-4-8-14)21(26-27-23(20)30)15-9-5-2-6-10-15/h1-13,28H,(H,25,29)(H,27,30). The Morgan fingerprint density at radius 3 is 2.23 bits per heavy atom. The number of benzene rings is 3. The molecule has 0 saturated carbocycles. The highest BCUT2D eigenvalue weighted by molar-refractivity contribution is 6.31. The van der Waals surface area contributed by atoms with E-state index in [1.54, 1.807) is 12.1 Å². The van der Waals surface area contributed by atoms with Crippen molar-refractivity contribution < 1.29 is 9.90 Å². The lowest BCUT2D eigenvalue weighted by molar-refractivity contribution is 0.102. The number of aromatic amines is 1. The second kappa shape index (κ2) is 8.23. The minimum Gasteiger partial charge on any atom is -0.506 e. The largest absolute Gasteiger partial charge is 0.506 e. The summed E-state index contributed by atoms with van der Waals surface area (Å²) in [5.74, 6) is -0.852. The molecule has 7 heteroatoms. The molecule has 0 aliphatic heterocycles. The van der Waals surface area contributed by atoms with Crippen molar-refractivity contribution in [2.24, 2.45) is 0 Å². The van der Waals surface area contributed by atoms with Gasteiger partial charge in [-0.15, -0.1) is 0 Å². The molecule has 0 fully saturated rings. The molecule has 0 atom stereocenters. The predicted molar refractivity (Wildman–Crippen MR) is 117 cm³/mol. The van der Waals surface area contributed by atoms with Crippen LogP contribution in [0.15, 0.2) is 83.7 Å². The lowest BCUT2D eigenvalue weighted by Gasteiger charge is -2.14. The summed E-state index contributed by atoms with van der Waals surface area (Å²) in [4.78, 5) is 25.9. The molecule has 4 aromatic rings. The fourth-order valence-electron chi connectivity index (χ4n) is 3.15. The summed E-state index contributed by atoms with van der Waals surface area (Å²) in [5.41, 5.74) is 1.60. The number of hydrogen-bond acceptors (Lipinski definition) is 4. The maximum absolute atomic E-state index is 13.2. The molecule has 0 saturated heterocycles. The number of hydrogen-bond donors (Lipinski definition) is 3. The number of nitrogens with zero attached hydrogens (tertiary/aromatic N) is 1.